The van der Waals surface area contributed by atoms with Crippen molar-refractivity contribution in [3.8, 4) is 0 Å². The molecule has 0 aliphatic carbocycles. The number of para-hydroxylation sites is 2. The number of fused-ring (bicyclic) bond motifs is 1. The van der Waals surface area contributed by atoms with Crippen molar-refractivity contribution < 1.29 is 9.59 Å². The van der Waals surface area contributed by atoms with Gasteiger partial charge in [0.1, 0.15) is 0 Å². The number of carbonyl (C=O) groups excluding carboxylic acids is 2. The molecular formula is C34H30N2O2. The van der Waals surface area contributed by atoms with E-state index in [1.165, 1.54) is 0 Å². The lowest BCUT2D eigenvalue weighted by molar-refractivity contribution is -0.114. The topological polar surface area (TPSA) is 40.6 Å². The number of amides is 2. The lowest BCUT2D eigenvalue weighted by Crippen LogP contribution is -2.47. The SMILES string of the molecule is C[C@@H]1C[C@H](N(C(=O)/C=C/c2ccccc2)c2ccccc2)c2ccccc2N1C(=O)/C=C/c1ccccc1. The van der Waals surface area contributed by atoms with E-state index in [-0.39, 0.29) is 23.9 Å². The molecule has 0 spiro atoms. The summed E-state index contributed by atoms with van der Waals surface area (Å²) in [5, 5.41) is 0. The summed E-state index contributed by atoms with van der Waals surface area (Å²) >= 11 is 0. The first-order chi connectivity index (χ1) is 18.6. The van der Waals surface area contributed by atoms with E-state index in [0.29, 0.717) is 6.42 Å². The van der Waals surface area contributed by atoms with Crippen LogP contribution in [-0.4, -0.2) is 17.9 Å². The van der Waals surface area contributed by atoms with Gasteiger partial charge in [-0.1, -0.05) is 97.1 Å². The molecule has 0 fully saturated rings. The molecule has 4 aromatic rings. The molecule has 4 heteroatoms. The molecule has 0 radical (unpaired) electrons. The summed E-state index contributed by atoms with van der Waals surface area (Å²) in [4.78, 5) is 30.9. The number of benzene rings is 4. The Morgan fingerprint density at radius 3 is 1.87 bits per heavy atom. The third-order valence-corrected chi connectivity index (χ3v) is 6.82. The van der Waals surface area contributed by atoms with Crippen LogP contribution >= 0.6 is 0 Å². The number of nitrogens with zero attached hydrogens (tertiary/aromatic N) is 2. The van der Waals surface area contributed by atoms with Crippen molar-refractivity contribution in [3.63, 3.8) is 0 Å². The average molecular weight is 499 g/mol. The Hall–Kier alpha value is -4.70. The summed E-state index contributed by atoms with van der Waals surface area (Å²) in [6.07, 6.45) is 7.57. The van der Waals surface area contributed by atoms with Gasteiger partial charge in [-0.2, -0.15) is 0 Å². The Labute approximate surface area is 224 Å². The molecule has 0 N–H and O–H groups in total. The quantitative estimate of drug-likeness (QED) is 0.262. The van der Waals surface area contributed by atoms with Crippen LogP contribution < -0.4 is 9.80 Å². The zero-order valence-electron chi connectivity index (χ0n) is 21.4. The number of hydrogen-bond acceptors (Lipinski definition) is 2. The highest BCUT2D eigenvalue weighted by atomic mass is 16.2. The standard InChI is InChI=1S/C34H30N2O2/c1-26-25-32(36(29-17-9-4-10-18-29)34(38)24-22-28-15-7-3-8-16-28)30-19-11-12-20-31(30)35(26)33(37)23-21-27-13-5-2-6-14-27/h2-24,26,32H,25H2,1H3/b23-21+,24-22+/t26-,32+/m1/s1. The van der Waals surface area contributed by atoms with Gasteiger partial charge in [-0.05, 0) is 60.4 Å². The largest absolute Gasteiger partial charge is 0.306 e. The molecule has 2 amide bonds. The van der Waals surface area contributed by atoms with E-state index in [1.54, 1.807) is 12.2 Å². The van der Waals surface area contributed by atoms with Crippen molar-refractivity contribution in [1.29, 1.82) is 0 Å². The fourth-order valence-corrected chi connectivity index (χ4v) is 5.04. The second-order valence-corrected chi connectivity index (χ2v) is 9.40. The lowest BCUT2D eigenvalue weighted by Gasteiger charge is -2.43. The smallest absolute Gasteiger partial charge is 0.251 e. The molecule has 2 atom stereocenters. The van der Waals surface area contributed by atoms with Gasteiger partial charge in [0.25, 0.3) is 11.8 Å². The molecule has 4 aromatic carbocycles. The van der Waals surface area contributed by atoms with E-state index in [1.807, 2.05) is 144 Å². The van der Waals surface area contributed by atoms with Crippen LogP contribution in [0.25, 0.3) is 12.2 Å². The predicted molar refractivity (Wildman–Crippen MR) is 156 cm³/mol. The lowest BCUT2D eigenvalue weighted by atomic mass is 9.89. The van der Waals surface area contributed by atoms with Crippen LogP contribution in [0.5, 0.6) is 0 Å². The Morgan fingerprint density at radius 2 is 1.24 bits per heavy atom. The van der Waals surface area contributed by atoms with Gasteiger partial charge < -0.3 is 9.80 Å². The van der Waals surface area contributed by atoms with Crippen LogP contribution in [0, 0.1) is 0 Å². The Balaban J connectivity index is 1.50. The zero-order chi connectivity index (χ0) is 26.3. The van der Waals surface area contributed by atoms with Gasteiger partial charge in [0.15, 0.2) is 0 Å². The summed E-state index contributed by atoms with van der Waals surface area (Å²) in [7, 11) is 0. The summed E-state index contributed by atoms with van der Waals surface area (Å²) in [5.41, 5.74) is 4.55. The molecule has 0 aromatic heterocycles. The number of carbonyl (C=O) groups is 2. The first kappa shape index (κ1) is 25.0. The molecule has 188 valence electrons. The first-order valence-corrected chi connectivity index (χ1v) is 12.9. The van der Waals surface area contributed by atoms with E-state index < -0.39 is 0 Å². The molecular weight excluding hydrogens is 468 g/mol. The van der Waals surface area contributed by atoms with Gasteiger partial charge in [-0.3, -0.25) is 9.59 Å². The zero-order valence-corrected chi connectivity index (χ0v) is 21.4. The first-order valence-electron chi connectivity index (χ1n) is 12.9. The van der Waals surface area contributed by atoms with Gasteiger partial charge in [-0.15, -0.1) is 0 Å². The van der Waals surface area contributed by atoms with Crippen molar-refractivity contribution in [3.05, 3.63) is 144 Å². The van der Waals surface area contributed by atoms with Crippen LogP contribution in [0.3, 0.4) is 0 Å². The van der Waals surface area contributed by atoms with Gasteiger partial charge in [-0.25, -0.2) is 0 Å². The average Bonchev–Trinajstić information content (AvgIpc) is 2.96. The molecule has 5 rings (SSSR count). The summed E-state index contributed by atoms with van der Waals surface area (Å²) in [6, 6.07) is 36.9. The number of rotatable bonds is 6. The fraction of sp³-hybridized carbons (Fsp3) is 0.118. The van der Waals surface area contributed by atoms with Crippen molar-refractivity contribution in [2.75, 3.05) is 9.80 Å². The number of anilines is 2. The summed E-state index contributed by atoms with van der Waals surface area (Å²) in [5.74, 6) is -0.176. The molecule has 4 nitrogen and oxygen atoms in total. The van der Waals surface area contributed by atoms with Crippen LogP contribution in [0.4, 0.5) is 11.4 Å². The second kappa shape index (κ2) is 11.6. The van der Waals surface area contributed by atoms with Gasteiger partial charge in [0, 0.05) is 29.6 Å². The molecule has 1 aliphatic rings. The highest BCUT2D eigenvalue weighted by Gasteiger charge is 2.37. The third-order valence-electron chi connectivity index (χ3n) is 6.82. The molecule has 38 heavy (non-hydrogen) atoms. The van der Waals surface area contributed by atoms with Crippen molar-refractivity contribution >= 4 is 35.3 Å². The van der Waals surface area contributed by atoms with Crippen LogP contribution in [0.1, 0.15) is 36.1 Å². The normalized spacial score (nSPS) is 16.9. The molecule has 0 bridgehead atoms. The van der Waals surface area contributed by atoms with Crippen LogP contribution in [-0.2, 0) is 9.59 Å². The third kappa shape index (κ3) is 5.50. The van der Waals surface area contributed by atoms with E-state index in [9.17, 15) is 9.59 Å². The summed E-state index contributed by atoms with van der Waals surface area (Å²) in [6.45, 7) is 2.05. The maximum absolute atomic E-state index is 13.8. The van der Waals surface area contributed by atoms with E-state index in [4.69, 9.17) is 0 Å². The van der Waals surface area contributed by atoms with Gasteiger partial charge in [0.2, 0.25) is 0 Å². The van der Waals surface area contributed by atoms with Crippen molar-refractivity contribution in [2.45, 2.75) is 25.4 Å². The molecule has 1 heterocycles. The minimum absolute atomic E-state index is 0.0752. The predicted octanol–water partition coefficient (Wildman–Crippen LogP) is 7.31. The summed E-state index contributed by atoms with van der Waals surface area (Å²) < 4.78 is 0. The van der Waals surface area contributed by atoms with E-state index >= 15 is 0 Å². The van der Waals surface area contributed by atoms with E-state index in [2.05, 4.69) is 0 Å². The van der Waals surface area contributed by atoms with Crippen LogP contribution in [0.15, 0.2) is 127 Å². The van der Waals surface area contributed by atoms with E-state index in [0.717, 1.165) is 28.1 Å². The van der Waals surface area contributed by atoms with Crippen molar-refractivity contribution in [2.24, 2.45) is 0 Å². The molecule has 1 aliphatic heterocycles. The molecule has 0 saturated carbocycles. The highest BCUT2D eigenvalue weighted by molar-refractivity contribution is 6.07. The maximum atomic E-state index is 13.8. The second-order valence-electron chi connectivity index (χ2n) is 9.40. The fourth-order valence-electron chi connectivity index (χ4n) is 5.04. The molecule has 0 unspecified atom stereocenters. The highest BCUT2D eigenvalue weighted by Crippen LogP contribution is 2.42. The minimum atomic E-state index is -0.223. The van der Waals surface area contributed by atoms with Crippen LogP contribution in [0.2, 0.25) is 0 Å². The molecule has 0 saturated heterocycles. The monoisotopic (exact) mass is 498 g/mol. The Morgan fingerprint density at radius 1 is 0.711 bits per heavy atom. The minimum Gasteiger partial charge on any atom is -0.306 e. The number of hydrogen-bond donors (Lipinski definition) is 0. The van der Waals surface area contributed by atoms with Gasteiger partial charge >= 0.3 is 0 Å². The maximum Gasteiger partial charge on any atom is 0.251 e. The Kier molecular flexibility index (Phi) is 7.60. The Bertz CT molecular complexity index is 1450. The van der Waals surface area contributed by atoms with Gasteiger partial charge in [0.05, 0.1) is 6.04 Å². The van der Waals surface area contributed by atoms with Crippen molar-refractivity contribution in [1.82, 2.24) is 0 Å².